The predicted octanol–water partition coefficient (Wildman–Crippen LogP) is 3.93. The highest BCUT2D eigenvalue weighted by Crippen LogP contribution is 2.43. The second-order valence-electron chi connectivity index (χ2n) is 7.28. The fourth-order valence-electron chi connectivity index (χ4n) is 3.78. The number of H-pyrrole nitrogens is 1. The lowest BCUT2D eigenvalue weighted by Gasteiger charge is -2.27. The first-order chi connectivity index (χ1) is 12.5. The average Bonchev–Trinajstić information content (AvgIpc) is 3.10. The summed E-state index contributed by atoms with van der Waals surface area (Å²) in [5, 5.41) is 0. The smallest absolute Gasteiger partial charge is 0.123 e. The third kappa shape index (κ3) is 2.57. The number of likely N-dealkylation sites (N-methyl/N-ethyl adjacent to an activating group) is 1. The van der Waals surface area contributed by atoms with Crippen LogP contribution in [0.1, 0.15) is 30.9 Å². The van der Waals surface area contributed by atoms with Crippen molar-refractivity contribution in [1.29, 1.82) is 0 Å². The molecule has 0 saturated carbocycles. The predicted molar refractivity (Wildman–Crippen MR) is 105 cm³/mol. The van der Waals surface area contributed by atoms with Crippen LogP contribution < -0.4 is 4.90 Å². The van der Waals surface area contributed by atoms with E-state index in [-0.39, 0.29) is 11.5 Å². The maximum Gasteiger partial charge on any atom is 0.123 e. The molecule has 130 valence electrons. The molecular formula is C22H22N4. The molecule has 0 radical (unpaired) electrons. The SMILES string of the molecule is Cc1nc(-c2ccccn2)c(C#CC2N(C)c3ccccc3C2(C)C)[nH]1. The highest BCUT2D eigenvalue weighted by Gasteiger charge is 2.41. The molecule has 0 saturated heterocycles. The molecule has 4 heteroatoms. The lowest BCUT2D eigenvalue weighted by molar-refractivity contribution is 0.498. The monoisotopic (exact) mass is 342 g/mol. The number of benzene rings is 1. The Morgan fingerprint density at radius 3 is 2.62 bits per heavy atom. The Morgan fingerprint density at radius 1 is 1.12 bits per heavy atom. The Bertz CT molecular complexity index is 1010. The molecule has 4 rings (SSSR count). The minimum Gasteiger partial charge on any atom is -0.360 e. The molecule has 0 aliphatic carbocycles. The number of imidazole rings is 1. The normalized spacial score (nSPS) is 17.5. The Kier molecular flexibility index (Phi) is 3.81. The molecule has 1 aliphatic heterocycles. The number of aromatic nitrogens is 3. The van der Waals surface area contributed by atoms with Gasteiger partial charge in [-0.3, -0.25) is 4.98 Å². The standard InChI is InChI=1S/C22H22N4/c1-15-24-18(21(25-15)17-10-7-8-14-23-17)12-13-20-22(2,3)16-9-5-6-11-19(16)26(20)4/h5-11,14,20H,1-4H3,(H,24,25). The first kappa shape index (κ1) is 16.4. The van der Waals surface area contributed by atoms with Crippen LogP contribution in [0, 0.1) is 18.8 Å². The van der Waals surface area contributed by atoms with Gasteiger partial charge in [-0.2, -0.15) is 0 Å². The summed E-state index contributed by atoms with van der Waals surface area (Å²) in [6.07, 6.45) is 1.78. The third-order valence-electron chi connectivity index (χ3n) is 5.11. The Morgan fingerprint density at radius 2 is 1.88 bits per heavy atom. The van der Waals surface area contributed by atoms with Gasteiger partial charge in [-0.15, -0.1) is 0 Å². The largest absolute Gasteiger partial charge is 0.360 e. The zero-order valence-electron chi connectivity index (χ0n) is 15.5. The van der Waals surface area contributed by atoms with E-state index in [1.54, 1.807) is 6.20 Å². The summed E-state index contributed by atoms with van der Waals surface area (Å²) in [4.78, 5) is 14.6. The first-order valence-electron chi connectivity index (χ1n) is 8.80. The van der Waals surface area contributed by atoms with E-state index in [2.05, 4.69) is 76.9 Å². The van der Waals surface area contributed by atoms with Gasteiger partial charge in [-0.05, 0) is 36.6 Å². The van der Waals surface area contributed by atoms with E-state index < -0.39 is 0 Å². The van der Waals surface area contributed by atoms with Gasteiger partial charge in [0.15, 0.2) is 0 Å². The number of pyridine rings is 1. The number of hydrogen-bond donors (Lipinski definition) is 1. The van der Waals surface area contributed by atoms with Gasteiger partial charge < -0.3 is 9.88 Å². The van der Waals surface area contributed by atoms with Gasteiger partial charge in [0.25, 0.3) is 0 Å². The number of hydrogen-bond acceptors (Lipinski definition) is 3. The van der Waals surface area contributed by atoms with Crippen molar-refractivity contribution in [2.75, 3.05) is 11.9 Å². The average molecular weight is 342 g/mol. The molecule has 2 aromatic heterocycles. The number of nitrogens with zero attached hydrogens (tertiary/aromatic N) is 3. The summed E-state index contributed by atoms with van der Waals surface area (Å²) < 4.78 is 0. The van der Waals surface area contributed by atoms with Crippen molar-refractivity contribution >= 4 is 5.69 Å². The van der Waals surface area contributed by atoms with Crippen LogP contribution >= 0.6 is 0 Å². The highest BCUT2D eigenvalue weighted by atomic mass is 15.2. The van der Waals surface area contributed by atoms with E-state index >= 15 is 0 Å². The van der Waals surface area contributed by atoms with Crippen LogP contribution in [-0.4, -0.2) is 28.0 Å². The van der Waals surface area contributed by atoms with Crippen molar-refractivity contribution in [3.8, 4) is 23.2 Å². The van der Waals surface area contributed by atoms with E-state index in [0.29, 0.717) is 0 Å². The molecular weight excluding hydrogens is 320 g/mol. The number of aryl methyl sites for hydroxylation is 1. The van der Waals surface area contributed by atoms with Crippen LogP contribution in [0.4, 0.5) is 5.69 Å². The van der Waals surface area contributed by atoms with Crippen LogP contribution in [0.3, 0.4) is 0 Å². The molecule has 1 unspecified atom stereocenters. The van der Waals surface area contributed by atoms with Gasteiger partial charge in [0.1, 0.15) is 17.2 Å². The lowest BCUT2D eigenvalue weighted by Crippen LogP contribution is -2.38. The molecule has 1 N–H and O–H groups in total. The topological polar surface area (TPSA) is 44.8 Å². The molecule has 3 aromatic rings. The van der Waals surface area contributed by atoms with E-state index in [1.807, 2.05) is 25.1 Å². The molecule has 1 aromatic carbocycles. The van der Waals surface area contributed by atoms with Gasteiger partial charge in [0.2, 0.25) is 0 Å². The second-order valence-corrected chi connectivity index (χ2v) is 7.28. The van der Waals surface area contributed by atoms with Crippen molar-refractivity contribution < 1.29 is 0 Å². The maximum atomic E-state index is 4.59. The third-order valence-corrected chi connectivity index (χ3v) is 5.11. The quantitative estimate of drug-likeness (QED) is 0.682. The molecule has 4 nitrogen and oxygen atoms in total. The van der Waals surface area contributed by atoms with Crippen LogP contribution in [0.25, 0.3) is 11.4 Å². The minimum atomic E-state index is -0.0431. The Balaban J connectivity index is 1.74. The van der Waals surface area contributed by atoms with Crippen LogP contribution in [0.2, 0.25) is 0 Å². The number of nitrogens with one attached hydrogen (secondary N) is 1. The zero-order valence-corrected chi connectivity index (χ0v) is 15.5. The number of rotatable bonds is 1. The van der Waals surface area contributed by atoms with E-state index in [9.17, 15) is 0 Å². The summed E-state index contributed by atoms with van der Waals surface area (Å²) in [7, 11) is 2.12. The van der Waals surface area contributed by atoms with Gasteiger partial charge in [0, 0.05) is 24.3 Å². The van der Waals surface area contributed by atoms with Gasteiger partial charge in [-0.1, -0.05) is 44.0 Å². The van der Waals surface area contributed by atoms with E-state index in [0.717, 1.165) is 22.9 Å². The van der Waals surface area contributed by atoms with Gasteiger partial charge in [-0.25, -0.2) is 4.98 Å². The fourth-order valence-corrected chi connectivity index (χ4v) is 3.78. The van der Waals surface area contributed by atoms with Gasteiger partial charge in [0.05, 0.1) is 11.7 Å². The summed E-state index contributed by atoms with van der Waals surface area (Å²) in [6.45, 7) is 6.46. The molecule has 26 heavy (non-hydrogen) atoms. The van der Waals surface area contributed by atoms with E-state index in [4.69, 9.17) is 0 Å². The number of fused-ring (bicyclic) bond motifs is 1. The highest BCUT2D eigenvalue weighted by molar-refractivity contribution is 5.67. The molecule has 0 fully saturated rings. The Labute approximate surface area is 154 Å². The van der Waals surface area contributed by atoms with Crippen LogP contribution in [0.15, 0.2) is 48.7 Å². The van der Waals surface area contributed by atoms with Crippen molar-refractivity contribution in [2.24, 2.45) is 0 Å². The molecule has 1 aliphatic rings. The van der Waals surface area contributed by atoms with Crippen molar-refractivity contribution in [2.45, 2.75) is 32.2 Å². The lowest BCUT2D eigenvalue weighted by atomic mass is 9.81. The summed E-state index contributed by atoms with van der Waals surface area (Å²) in [5.74, 6) is 7.68. The molecule has 0 bridgehead atoms. The first-order valence-corrected chi connectivity index (χ1v) is 8.80. The summed E-state index contributed by atoms with van der Waals surface area (Å²) >= 11 is 0. The fraction of sp³-hybridized carbons (Fsp3) is 0.273. The summed E-state index contributed by atoms with van der Waals surface area (Å²) in [6, 6.07) is 14.5. The zero-order chi connectivity index (χ0) is 18.3. The van der Waals surface area contributed by atoms with Crippen molar-refractivity contribution in [3.05, 3.63) is 65.7 Å². The van der Waals surface area contributed by atoms with Crippen LogP contribution in [-0.2, 0) is 5.41 Å². The number of aromatic amines is 1. The van der Waals surface area contributed by atoms with Crippen LogP contribution in [0.5, 0.6) is 0 Å². The van der Waals surface area contributed by atoms with Crippen molar-refractivity contribution in [3.63, 3.8) is 0 Å². The minimum absolute atomic E-state index is 0.0431. The van der Waals surface area contributed by atoms with E-state index in [1.165, 1.54) is 11.3 Å². The molecule has 3 heterocycles. The Hall–Kier alpha value is -3.06. The maximum absolute atomic E-state index is 4.59. The second kappa shape index (κ2) is 6.03. The molecule has 1 atom stereocenters. The molecule has 0 spiro atoms. The molecule has 0 amide bonds. The van der Waals surface area contributed by atoms with Crippen molar-refractivity contribution in [1.82, 2.24) is 15.0 Å². The van der Waals surface area contributed by atoms with Gasteiger partial charge >= 0.3 is 0 Å². The number of para-hydroxylation sites is 1. The summed E-state index contributed by atoms with van der Waals surface area (Å²) in [5.41, 5.74) is 5.02. The number of anilines is 1.